The number of anilines is 1. The summed E-state index contributed by atoms with van der Waals surface area (Å²) in [4.78, 5) is 0. The second kappa shape index (κ2) is 5.58. The van der Waals surface area contributed by atoms with Gasteiger partial charge in [-0.25, -0.2) is 0 Å². The van der Waals surface area contributed by atoms with Crippen LogP contribution in [-0.4, -0.2) is 7.11 Å². The van der Waals surface area contributed by atoms with Crippen LogP contribution in [0.1, 0.15) is 35.6 Å². The van der Waals surface area contributed by atoms with Gasteiger partial charge in [0, 0.05) is 0 Å². The molecule has 104 valence electrons. The molecule has 2 aromatic rings. The van der Waals surface area contributed by atoms with Crippen LogP contribution in [-0.2, 0) is 6.42 Å². The molecule has 0 aliphatic heterocycles. The summed E-state index contributed by atoms with van der Waals surface area (Å²) >= 11 is 0. The van der Waals surface area contributed by atoms with Crippen molar-refractivity contribution >= 4 is 5.69 Å². The minimum atomic E-state index is 0.386. The maximum absolute atomic E-state index is 5.49. The largest absolute Gasteiger partial charge is 0.495 e. The van der Waals surface area contributed by atoms with E-state index in [0.717, 1.165) is 11.4 Å². The number of benzene rings is 2. The van der Waals surface area contributed by atoms with Gasteiger partial charge in [-0.15, -0.1) is 0 Å². The molecule has 1 atom stereocenters. The highest BCUT2D eigenvalue weighted by Gasteiger charge is 2.20. The molecular formula is C18H21NO. The monoisotopic (exact) mass is 267 g/mol. The second-order valence-corrected chi connectivity index (χ2v) is 5.49. The van der Waals surface area contributed by atoms with E-state index in [2.05, 4.69) is 54.7 Å². The van der Waals surface area contributed by atoms with Gasteiger partial charge in [0.25, 0.3) is 0 Å². The fraction of sp³-hybridized carbons (Fsp3) is 0.333. The van der Waals surface area contributed by atoms with Gasteiger partial charge in [0.1, 0.15) is 5.75 Å². The quantitative estimate of drug-likeness (QED) is 0.884. The number of methoxy groups -OCH3 is 1. The number of aryl methyl sites for hydroxylation is 2. The SMILES string of the molecule is COc1cc(C)ccc1NC1CCCc2ccccc21. The Morgan fingerprint density at radius 3 is 2.85 bits per heavy atom. The van der Waals surface area contributed by atoms with E-state index in [0.29, 0.717) is 6.04 Å². The summed E-state index contributed by atoms with van der Waals surface area (Å²) in [6.07, 6.45) is 3.61. The standard InChI is InChI=1S/C18H21NO/c1-13-10-11-17(18(12-13)20-2)19-16-9-5-7-14-6-3-4-8-15(14)16/h3-4,6,8,10-12,16,19H,5,7,9H2,1-2H3. The molecule has 0 spiro atoms. The van der Waals surface area contributed by atoms with Crippen molar-refractivity contribution in [3.05, 3.63) is 59.2 Å². The summed E-state index contributed by atoms with van der Waals surface area (Å²) in [6.45, 7) is 2.09. The average Bonchev–Trinajstić information content (AvgIpc) is 2.49. The highest BCUT2D eigenvalue weighted by molar-refractivity contribution is 5.59. The molecule has 0 aromatic heterocycles. The summed E-state index contributed by atoms with van der Waals surface area (Å²) in [6, 6.07) is 15.5. The van der Waals surface area contributed by atoms with Crippen LogP contribution in [0.2, 0.25) is 0 Å². The molecule has 20 heavy (non-hydrogen) atoms. The van der Waals surface area contributed by atoms with Gasteiger partial charge in [-0.05, 0) is 55.0 Å². The maximum Gasteiger partial charge on any atom is 0.142 e. The highest BCUT2D eigenvalue weighted by Crippen LogP contribution is 2.35. The topological polar surface area (TPSA) is 21.3 Å². The van der Waals surface area contributed by atoms with Crippen molar-refractivity contribution in [1.82, 2.24) is 0 Å². The van der Waals surface area contributed by atoms with Crippen molar-refractivity contribution in [2.75, 3.05) is 12.4 Å². The lowest BCUT2D eigenvalue weighted by Gasteiger charge is -2.28. The molecule has 0 fully saturated rings. The van der Waals surface area contributed by atoms with Crippen LogP contribution in [0.3, 0.4) is 0 Å². The van der Waals surface area contributed by atoms with Gasteiger partial charge in [0.2, 0.25) is 0 Å². The Bertz CT molecular complexity index is 606. The Hall–Kier alpha value is -1.96. The van der Waals surface area contributed by atoms with Crippen LogP contribution in [0.25, 0.3) is 0 Å². The fourth-order valence-electron chi connectivity index (χ4n) is 3.01. The van der Waals surface area contributed by atoms with Crippen LogP contribution >= 0.6 is 0 Å². The first-order valence-electron chi connectivity index (χ1n) is 7.27. The third-order valence-electron chi connectivity index (χ3n) is 4.06. The molecule has 1 aliphatic carbocycles. The molecule has 2 nitrogen and oxygen atoms in total. The van der Waals surface area contributed by atoms with E-state index in [-0.39, 0.29) is 0 Å². The zero-order valence-corrected chi connectivity index (χ0v) is 12.1. The van der Waals surface area contributed by atoms with Crippen molar-refractivity contribution in [1.29, 1.82) is 0 Å². The Labute approximate surface area is 120 Å². The molecule has 1 aliphatic rings. The third kappa shape index (κ3) is 2.51. The molecule has 3 rings (SSSR count). The first-order chi connectivity index (χ1) is 9.78. The summed E-state index contributed by atoms with van der Waals surface area (Å²) in [5, 5.41) is 3.66. The first kappa shape index (κ1) is 13.0. The molecule has 0 bridgehead atoms. The first-order valence-corrected chi connectivity index (χ1v) is 7.27. The molecule has 2 heteroatoms. The van der Waals surface area contributed by atoms with Crippen molar-refractivity contribution in [3.8, 4) is 5.75 Å². The molecule has 2 aromatic carbocycles. The smallest absolute Gasteiger partial charge is 0.142 e. The minimum absolute atomic E-state index is 0.386. The Kier molecular flexibility index (Phi) is 3.64. The lowest BCUT2D eigenvalue weighted by molar-refractivity contribution is 0.415. The predicted octanol–water partition coefficient (Wildman–Crippen LogP) is 4.49. The number of fused-ring (bicyclic) bond motifs is 1. The number of rotatable bonds is 3. The number of hydrogen-bond donors (Lipinski definition) is 1. The molecule has 1 unspecified atom stereocenters. The summed E-state index contributed by atoms with van der Waals surface area (Å²) < 4.78 is 5.49. The summed E-state index contributed by atoms with van der Waals surface area (Å²) in [7, 11) is 1.73. The van der Waals surface area contributed by atoms with E-state index in [1.165, 1.54) is 36.0 Å². The van der Waals surface area contributed by atoms with Gasteiger partial charge in [-0.3, -0.25) is 0 Å². The molecule has 0 radical (unpaired) electrons. The van der Waals surface area contributed by atoms with E-state index in [1.807, 2.05) is 0 Å². The van der Waals surface area contributed by atoms with E-state index in [1.54, 1.807) is 7.11 Å². The minimum Gasteiger partial charge on any atom is -0.495 e. The Balaban J connectivity index is 1.89. The average molecular weight is 267 g/mol. The normalized spacial score (nSPS) is 17.4. The van der Waals surface area contributed by atoms with Crippen LogP contribution in [0.4, 0.5) is 5.69 Å². The van der Waals surface area contributed by atoms with Crippen LogP contribution in [0, 0.1) is 6.92 Å². The summed E-state index contributed by atoms with van der Waals surface area (Å²) in [5.74, 6) is 0.924. The van der Waals surface area contributed by atoms with Crippen molar-refractivity contribution in [2.45, 2.75) is 32.2 Å². The van der Waals surface area contributed by atoms with Gasteiger partial charge in [-0.1, -0.05) is 30.3 Å². The van der Waals surface area contributed by atoms with E-state index in [9.17, 15) is 0 Å². The molecule has 0 heterocycles. The lowest BCUT2D eigenvalue weighted by Crippen LogP contribution is -2.17. The van der Waals surface area contributed by atoms with Crippen LogP contribution in [0.15, 0.2) is 42.5 Å². The van der Waals surface area contributed by atoms with E-state index in [4.69, 9.17) is 4.74 Å². The van der Waals surface area contributed by atoms with Gasteiger partial charge >= 0.3 is 0 Å². The lowest BCUT2D eigenvalue weighted by atomic mass is 9.87. The van der Waals surface area contributed by atoms with Gasteiger partial charge in [0.05, 0.1) is 18.8 Å². The van der Waals surface area contributed by atoms with Gasteiger partial charge < -0.3 is 10.1 Å². The highest BCUT2D eigenvalue weighted by atomic mass is 16.5. The Morgan fingerprint density at radius 1 is 1.15 bits per heavy atom. The van der Waals surface area contributed by atoms with Crippen LogP contribution in [0.5, 0.6) is 5.75 Å². The third-order valence-corrected chi connectivity index (χ3v) is 4.06. The van der Waals surface area contributed by atoms with Crippen molar-refractivity contribution in [2.24, 2.45) is 0 Å². The van der Waals surface area contributed by atoms with E-state index >= 15 is 0 Å². The molecule has 0 amide bonds. The maximum atomic E-state index is 5.49. The summed E-state index contributed by atoms with van der Waals surface area (Å²) in [5.41, 5.74) is 5.21. The molecule has 1 N–H and O–H groups in total. The van der Waals surface area contributed by atoms with Crippen molar-refractivity contribution < 1.29 is 4.74 Å². The zero-order chi connectivity index (χ0) is 13.9. The van der Waals surface area contributed by atoms with E-state index < -0.39 is 0 Å². The number of nitrogens with one attached hydrogen (secondary N) is 1. The predicted molar refractivity (Wildman–Crippen MR) is 83.5 cm³/mol. The second-order valence-electron chi connectivity index (χ2n) is 5.49. The number of ether oxygens (including phenoxy) is 1. The van der Waals surface area contributed by atoms with Gasteiger partial charge in [-0.2, -0.15) is 0 Å². The fourth-order valence-corrected chi connectivity index (χ4v) is 3.01. The number of hydrogen-bond acceptors (Lipinski definition) is 2. The van der Waals surface area contributed by atoms with Crippen LogP contribution < -0.4 is 10.1 Å². The molecular weight excluding hydrogens is 246 g/mol. The Morgan fingerprint density at radius 2 is 2.00 bits per heavy atom. The van der Waals surface area contributed by atoms with Gasteiger partial charge in [0.15, 0.2) is 0 Å². The molecule has 0 saturated carbocycles. The molecule has 0 saturated heterocycles. The van der Waals surface area contributed by atoms with Crippen molar-refractivity contribution in [3.63, 3.8) is 0 Å². The zero-order valence-electron chi connectivity index (χ0n) is 12.1.